The number of rotatable bonds is 2. The van der Waals surface area contributed by atoms with Gasteiger partial charge in [-0.1, -0.05) is 37.3 Å². The number of aryl methyl sites for hydroxylation is 1. The summed E-state index contributed by atoms with van der Waals surface area (Å²) in [6.45, 7) is 3.83. The van der Waals surface area contributed by atoms with Gasteiger partial charge in [-0.2, -0.15) is 0 Å². The third-order valence-electron chi connectivity index (χ3n) is 1.88. The number of thiocarbonyl (C=S) groups is 1. The summed E-state index contributed by atoms with van der Waals surface area (Å²) in [6.07, 6.45) is 0.836. The van der Waals surface area contributed by atoms with Crippen LogP contribution in [-0.2, 0) is 6.42 Å². The lowest BCUT2D eigenvalue weighted by atomic mass is 10.1. The number of aromatic hydroxyl groups is 1. The highest BCUT2D eigenvalue weighted by molar-refractivity contribution is 7.80. The minimum absolute atomic E-state index is 0.340. The first kappa shape index (κ1) is 9.20. The van der Waals surface area contributed by atoms with E-state index >= 15 is 0 Å². The Morgan fingerprint density at radius 3 is 2.67 bits per heavy atom. The van der Waals surface area contributed by atoms with Crippen LogP contribution in [-0.4, -0.2) is 9.97 Å². The molecule has 0 aromatic heterocycles. The first-order valence-corrected chi connectivity index (χ1v) is 4.39. The first-order valence-electron chi connectivity index (χ1n) is 3.98. The molecule has 1 N–H and O–H groups in total. The predicted molar refractivity (Wildman–Crippen MR) is 54.9 cm³/mol. The van der Waals surface area contributed by atoms with Crippen LogP contribution in [0.5, 0.6) is 5.75 Å². The van der Waals surface area contributed by atoms with Crippen molar-refractivity contribution >= 4 is 17.1 Å². The molecule has 1 aromatic rings. The molecule has 0 aliphatic carbocycles. The Balaban J connectivity index is 3.23. The zero-order valence-electron chi connectivity index (χ0n) is 7.29. The average molecular weight is 180 g/mol. The highest BCUT2D eigenvalue weighted by Crippen LogP contribution is 2.23. The first-order chi connectivity index (χ1) is 5.66. The van der Waals surface area contributed by atoms with Crippen LogP contribution in [0.15, 0.2) is 18.2 Å². The second-order valence-corrected chi connectivity index (χ2v) is 3.34. The minimum Gasteiger partial charge on any atom is -0.507 e. The predicted octanol–water partition coefficient (Wildman–Crippen LogP) is 2.69. The fourth-order valence-electron chi connectivity index (χ4n) is 1.16. The van der Waals surface area contributed by atoms with Gasteiger partial charge in [-0.25, -0.2) is 0 Å². The summed E-state index contributed by atoms with van der Waals surface area (Å²) in [7, 11) is 0. The van der Waals surface area contributed by atoms with E-state index in [9.17, 15) is 5.11 Å². The maximum atomic E-state index is 9.67. The van der Waals surface area contributed by atoms with Crippen molar-refractivity contribution in [3.8, 4) is 5.75 Å². The number of para-hydroxylation sites is 1. The molecule has 0 atom stereocenters. The van der Waals surface area contributed by atoms with Gasteiger partial charge in [0, 0.05) is 10.4 Å². The van der Waals surface area contributed by atoms with Gasteiger partial charge in [0.1, 0.15) is 5.75 Å². The molecule has 0 aliphatic heterocycles. The summed E-state index contributed by atoms with van der Waals surface area (Å²) in [4.78, 5) is 0.739. The second kappa shape index (κ2) is 3.68. The highest BCUT2D eigenvalue weighted by Gasteiger charge is 2.05. The van der Waals surface area contributed by atoms with Crippen LogP contribution >= 0.6 is 12.2 Å². The summed E-state index contributed by atoms with van der Waals surface area (Å²) in [6, 6.07) is 5.68. The lowest BCUT2D eigenvalue weighted by Crippen LogP contribution is -1.93. The van der Waals surface area contributed by atoms with Crippen molar-refractivity contribution in [1.29, 1.82) is 0 Å². The molecule has 2 heteroatoms. The minimum atomic E-state index is 0.340. The molecule has 1 aromatic carbocycles. The third-order valence-corrected chi connectivity index (χ3v) is 2.10. The molecule has 12 heavy (non-hydrogen) atoms. The van der Waals surface area contributed by atoms with Gasteiger partial charge in [-0.15, -0.1) is 0 Å². The lowest BCUT2D eigenvalue weighted by Gasteiger charge is -2.06. The molecule has 64 valence electrons. The Morgan fingerprint density at radius 2 is 2.17 bits per heavy atom. The summed E-state index contributed by atoms with van der Waals surface area (Å²) < 4.78 is 0. The molecular formula is C10H12OS. The van der Waals surface area contributed by atoms with Crippen LogP contribution in [0.4, 0.5) is 0 Å². The van der Waals surface area contributed by atoms with E-state index in [-0.39, 0.29) is 0 Å². The number of phenolic OH excluding ortho intramolecular Hbond substituents is 1. The van der Waals surface area contributed by atoms with Crippen molar-refractivity contribution in [2.24, 2.45) is 0 Å². The molecule has 1 rings (SSSR count). The standard InChI is InChI=1S/C10H12OS/c1-3-8-5-4-6-9(7(2)12)10(8)11/h4-6,11H,3H2,1-2H3. The van der Waals surface area contributed by atoms with Gasteiger partial charge in [-0.3, -0.25) is 0 Å². The number of hydrogen-bond donors (Lipinski definition) is 1. The highest BCUT2D eigenvalue weighted by atomic mass is 32.1. The van der Waals surface area contributed by atoms with Crippen LogP contribution in [0.1, 0.15) is 25.0 Å². The molecule has 0 radical (unpaired) electrons. The third kappa shape index (κ3) is 1.64. The van der Waals surface area contributed by atoms with Crippen LogP contribution in [0.25, 0.3) is 0 Å². The van der Waals surface area contributed by atoms with Gasteiger partial charge < -0.3 is 5.11 Å². The molecule has 0 spiro atoms. The topological polar surface area (TPSA) is 20.2 Å². The molecule has 0 saturated carbocycles. The summed E-state index contributed by atoms with van der Waals surface area (Å²) in [5.74, 6) is 0.340. The Morgan fingerprint density at radius 1 is 1.50 bits per heavy atom. The number of benzene rings is 1. The van der Waals surface area contributed by atoms with E-state index in [0.717, 1.165) is 22.4 Å². The van der Waals surface area contributed by atoms with Gasteiger partial charge in [0.15, 0.2) is 0 Å². The van der Waals surface area contributed by atoms with E-state index in [1.807, 2.05) is 32.0 Å². The maximum Gasteiger partial charge on any atom is 0.127 e. The van der Waals surface area contributed by atoms with Crippen molar-refractivity contribution in [2.75, 3.05) is 0 Å². The van der Waals surface area contributed by atoms with Gasteiger partial charge in [-0.05, 0) is 18.9 Å². The molecule has 1 nitrogen and oxygen atoms in total. The maximum absolute atomic E-state index is 9.67. The molecule has 0 bridgehead atoms. The van der Waals surface area contributed by atoms with Gasteiger partial charge in [0.05, 0.1) is 0 Å². The Labute approximate surface area is 78.0 Å². The van der Waals surface area contributed by atoms with E-state index < -0.39 is 0 Å². The lowest BCUT2D eigenvalue weighted by molar-refractivity contribution is 0.468. The van der Waals surface area contributed by atoms with E-state index in [4.69, 9.17) is 12.2 Å². The van der Waals surface area contributed by atoms with E-state index in [1.54, 1.807) is 0 Å². The smallest absolute Gasteiger partial charge is 0.127 e. The Bertz CT molecular complexity index is 305. The zero-order valence-corrected chi connectivity index (χ0v) is 8.11. The molecule has 0 amide bonds. The SMILES string of the molecule is CCc1cccc(C(C)=S)c1O. The summed E-state index contributed by atoms with van der Waals surface area (Å²) in [5.41, 5.74) is 1.74. The van der Waals surface area contributed by atoms with Crippen LogP contribution in [0.2, 0.25) is 0 Å². The zero-order chi connectivity index (χ0) is 9.14. The molecule has 0 aliphatic rings. The monoisotopic (exact) mass is 180 g/mol. The second-order valence-electron chi connectivity index (χ2n) is 2.72. The van der Waals surface area contributed by atoms with Crippen molar-refractivity contribution in [1.82, 2.24) is 0 Å². The van der Waals surface area contributed by atoms with Crippen LogP contribution in [0, 0.1) is 0 Å². The quantitative estimate of drug-likeness (QED) is 0.558. The van der Waals surface area contributed by atoms with Gasteiger partial charge >= 0.3 is 0 Å². The average Bonchev–Trinajstić information content (AvgIpc) is 2.04. The molecule has 0 saturated heterocycles. The summed E-state index contributed by atoms with van der Waals surface area (Å²) >= 11 is 5.00. The Hall–Kier alpha value is -0.890. The van der Waals surface area contributed by atoms with E-state index in [2.05, 4.69) is 0 Å². The molecule has 0 fully saturated rings. The van der Waals surface area contributed by atoms with Crippen molar-refractivity contribution < 1.29 is 5.11 Å². The van der Waals surface area contributed by atoms with Crippen molar-refractivity contribution in [3.05, 3.63) is 29.3 Å². The molecular weight excluding hydrogens is 168 g/mol. The van der Waals surface area contributed by atoms with E-state index in [1.165, 1.54) is 0 Å². The van der Waals surface area contributed by atoms with Crippen LogP contribution < -0.4 is 0 Å². The molecule has 0 heterocycles. The van der Waals surface area contributed by atoms with Crippen LogP contribution in [0.3, 0.4) is 0 Å². The van der Waals surface area contributed by atoms with Crippen molar-refractivity contribution in [3.63, 3.8) is 0 Å². The van der Waals surface area contributed by atoms with E-state index in [0.29, 0.717) is 5.75 Å². The largest absolute Gasteiger partial charge is 0.507 e. The molecule has 0 unspecified atom stereocenters. The fraction of sp³-hybridized carbons (Fsp3) is 0.300. The Kier molecular flexibility index (Phi) is 2.82. The summed E-state index contributed by atoms with van der Waals surface area (Å²) in [5, 5.41) is 9.67. The number of hydrogen-bond acceptors (Lipinski definition) is 2. The van der Waals surface area contributed by atoms with Gasteiger partial charge in [0.2, 0.25) is 0 Å². The number of phenols is 1. The van der Waals surface area contributed by atoms with Crippen molar-refractivity contribution in [2.45, 2.75) is 20.3 Å². The normalized spacial score (nSPS) is 9.83. The van der Waals surface area contributed by atoms with Gasteiger partial charge in [0.25, 0.3) is 0 Å². The fourth-order valence-corrected chi connectivity index (χ4v) is 1.33.